The lowest BCUT2D eigenvalue weighted by Gasteiger charge is -2.13. The van der Waals surface area contributed by atoms with Gasteiger partial charge in [0.25, 0.3) is 15.9 Å². The predicted molar refractivity (Wildman–Crippen MR) is 119 cm³/mol. The highest BCUT2D eigenvalue weighted by Gasteiger charge is 2.21. The van der Waals surface area contributed by atoms with Gasteiger partial charge in [-0.3, -0.25) is 4.79 Å². The molecular weight excluding hydrogens is 418 g/mol. The number of sulfonamides is 1. The summed E-state index contributed by atoms with van der Waals surface area (Å²) in [5, 5.41) is 2.74. The first kappa shape index (κ1) is 22.8. The number of anilines is 1. The van der Waals surface area contributed by atoms with Gasteiger partial charge in [-0.05, 0) is 43.7 Å². The van der Waals surface area contributed by atoms with Gasteiger partial charge in [-0.2, -0.15) is 8.42 Å². The number of nitrogens with zero attached hydrogens (tertiary/aromatic N) is 2. The Hall–Kier alpha value is -2.91. The summed E-state index contributed by atoms with van der Waals surface area (Å²) in [6.45, 7) is 4.02. The molecule has 2 aromatic rings. The van der Waals surface area contributed by atoms with E-state index in [9.17, 15) is 13.2 Å². The van der Waals surface area contributed by atoms with Crippen LogP contribution in [0.2, 0.25) is 0 Å². The highest BCUT2D eigenvalue weighted by molar-refractivity contribution is 7.90. The lowest BCUT2D eigenvalue weighted by Crippen LogP contribution is -2.20. The van der Waals surface area contributed by atoms with Gasteiger partial charge in [-0.1, -0.05) is 18.2 Å². The molecule has 9 heteroatoms. The van der Waals surface area contributed by atoms with Crippen LogP contribution in [0, 0.1) is 0 Å². The second kappa shape index (κ2) is 10.4. The molecule has 2 aromatic carbocycles. The Bertz CT molecular complexity index is 1050. The van der Waals surface area contributed by atoms with Gasteiger partial charge in [0.15, 0.2) is 0 Å². The predicted octanol–water partition coefficient (Wildman–Crippen LogP) is 3.17. The molecule has 3 rings (SSSR count). The lowest BCUT2D eigenvalue weighted by atomic mass is 10.2. The van der Waals surface area contributed by atoms with Gasteiger partial charge in [-0.15, -0.1) is 4.40 Å². The number of benzene rings is 2. The molecule has 31 heavy (non-hydrogen) atoms. The van der Waals surface area contributed by atoms with Crippen LogP contribution in [0.3, 0.4) is 0 Å². The van der Waals surface area contributed by atoms with Crippen molar-refractivity contribution in [1.82, 2.24) is 4.90 Å². The van der Waals surface area contributed by atoms with E-state index in [-0.39, 0.29) is 4.90 Å². The van der Waals surface area contributed by atoms with Crippen molar-refractivity contribution in [2.75, 3.05) is 38.7 Å². The Labute approximate surface area is 182 Å². The molecule has 166 valence electrons. The van der Waals surface area contributed by atoms with Crippen molar-refractivity contribution in [3.63, 3.8) is 0 Å². The summed E-state index contributed by atoms with van der Waals surface area (Å²) in [6, 6.07) is 12.9. The third-order valence-corrected chi connectivity index (χ3v) is 6.07. The van der Waals surface area contributed by atoms with Crippen molar-refractivity contribution in [1.29, 1.82) is 0 Å². The molecule has 0 atom stereocenters. The Morgan fingerprint density at radius 1 is 1.16 bits per heavy atom. The molecule has 0 bridgehead atoms. The van der Waals surface area contributed by atoms with Gasteiger partial charge in [0.2, 0.25) is 0 Å². The van der Waals surface area contributed by atoms with E-state index in [0.717, 1.165) is 13.0 Å². The number of amidine groups is 1. The first-order chi connectivity index (χ1) is 14.9. The lowest BCUT2D eigenvalue weighted by molar-refractivity contribution is 0.0998. The van der Waals surface area contributed by atoms with Crippen LogP contribution < -0.4 is 10.1 Å². The summed E-state index contributed by atoms with van der Waals surface area (Å²) in [6.07, 6.45) is 1.51. The van der Waals surface area contributed by atoms with Crippen LogP contribution in [0.4, 0.5) is 5.69 Å². The number of likely N-dealkylation sites (tertiary alicyclic amines) is 1. The fourth-order valence-electron chi connectivity index (χ4n) is 3.17. The fourth-order valence-corrected chi connectivity index (χ4v) is 4.31. The largest absolute Gasteiger partial charge is 0.490 e. The van der Waals surface area contributed by atoms with Gasteiger partial charge in [0.1, 0.15) is 18.2 Å². The number of carbonyl (C=O) groups excluding carboxylic acids is 1. The first-order valence-corrected chi connectivity index (χ1v) is 11.6. The minimum atomic E-state index is -3.87. The minimum Gasteiger partial charge on any atom is -0.490 e. The van der Waals surface area contributed by atoms with E-state index in [1.807, 2.05) is 18.9 Å². The fraction of sp³-hybridized carbons (Fsp3) is 0.364. The zero-order valence-electron chi connectivity index (χ0n) is 17.7. The van der Waals surface area contributed by atoms with Crippen LogP contribution in [0.15, 0.2) is 57.8 Å². The molecular formula is C22H27N3O5S. The van der Waals surface area contributed by atoms with Gasteiger partial charge >= 0.3 is 0 Å². The Balaban J connectivity index is 1.75. The van der Waals surface area contributed by atoms with Gasteiger partial charge < -0.3 is 19.7 Å². The first-order valence-electron chi connectivity index (χ1n) is 10.2. The van der Waals surface area contributed by atoms with Crippen LogP contribution in [-0.4, -0.2) is 58.5 Å². The van der Waals surface area contributed by atoms with Crippen LogP contribution in [-0.2, 0) is 14.8 Å². The highest BCUT2D eigenvalue weighted by atomic mass is 32.2. The van der Waals surface area contributed by atoms with E-state index >= 15 is 0 Å². The zero-order valence-corrected chi connectivity index (χ0v) is 18.5. The number of amides is 1. The summed E-state index contributed by atoms with van der Waals surface area (Å²) >= 11 is 0. The second-order valence-corrected chi connectivity index (χ2v) is 8.64. The van der Waals surface area contributed by atoms with Gasteiger partial charge in [0, 0.05) is 32.3 Å². The summed E-state index contributed by atoms with van der Waals surface area (Å²) in [5.74, 6) is 0.579. The van der Waals surface area contributed by atoms with Gasteiger partial charge in [-0.25, -0.2) is 0 Å². The summed E-state index contributed by atoms with van der Waals surface area (Å²) in [7, 11) is -2.04. The van der Waals surface area contributed by atoms with Crippen molar-refractivity contribution in [2.45, 2.75) is 24.7 Å². The second-order valence-electron chi connectivity index (χ2n) is 7.03. The molecule has 1 aliphatic heterocycles. The van der Waals surface area contributed by atoms with E-state index in [1.54, 1.807) is 36.4 Å². The molecule has 0 unspecified atom stereocenters. The quantitative estimate of drug-likeness (QED) is 0.596. The molecule has 1 amide bonds. The SMILES string of the molecule is CCOCCOc1ccccc1C(=O)Nc1cccc(S(=O)(=O)/N=C2/CCCN2C)c1. The molecule has 1 fully saturated rings. The Kier molecular flexibility index (Phi) is 7.64. The van der Waals surface area contributed by atoms with Crippen LogP contribution in [0.25, 0.3) is 0 Å². The molecule has 0 aliphatic carbocycles. The molecule has 8 nitrogen and oxygen atoms in total. The van der Waals surface area contributed by atoms with E-state index in [2.05, 4.69) is 9.71 Å². The number of hydrogen-bond acceptors (Lipinski definition) is 5. The number of rotatable bonds is 9. The average molecular weight is 446 g/mol. The van der Waals surface area contributed by atoms with Crippen molar-refractivity contribution >= 4 is 27.5 Å². The molecule has 1 saturated heterocycles. The minimum absolute atomic E-state index is 0.0272. The standard InChI is InChI=1S/C22H27N3O5S/c1-3-29-14-15-30-20-11-5-4-10-19(20)22(26)23-17-8-6-9-18(16-17)31(27,28)24-21-12-7-13-25(21)2/h4-6,8-11,16H,3,7,12-15H2,1-2H3,(H,23,26)/b24-21-. The maximum absolute atomic E-state index is 12.8. The van der Waals surface area contributed by atoms with Crippen molar-refractivity contribution < 1.29 is 22.7 Å². The molecule has 0 saturated carbocycles. The van der Waals surface area contributed by atoms with Crippen molar-refractivity contribution in [2.24, 2.45) is 4.40 Å². The maximum atomic E-state index is 12.8. The van der Waals surface area contributed by atoms with Crippen LogP contribution in [0.5, 0.6) is 5.75 Å². The van der Waals surface area contributed by atoms with Crippen molar-refractivity contribution in [3.8, 4) is 5.75 Å². The zero-order chi connectivity index (χ0) is 22.3. The van der Waals surface area contributed by atoms with E-state index in [4.69, 9.17) is 9.47 Å². The molecule has 0 spiro atoms. The van der Waals surface area contributed by atoms with Crippen LogP contribution >= 0.6 is 0 Å². The normalized spacial score (nSPS) is 15.3. The highest BCUT2D eigenvalue weighted by Crippen LogP contribution is 2.23. The molecule has 0 radical (unpaired) electrons. The van der Waals surface area contributed by atoms with E-state index < -0.39 is 15.9 Å². The monoisotopic (exact) mass is 445 g/mol. The van der Waals surface area contributed by atoms with Gasteiger partial charge in [0.05, 0.1) is 17.1 Å². The van der Waals surface area contributed by atoms with Crippen molar-refractivity contribution in [3.05, 3.63) is 54.1 Å². The number of ether oxygens (including phenoxy) is 2. The third kappa shape index (κ3) is 6.05. The van der Waals surface area contributed by atoms with E-state index in [0.29, 0.717) is 49.1 Å². The van der Waals surface area contributed by atoms with E-state index in [1.165, 1.54) is 12.1 Å². The number of hydrogen-bond donors (Lipinski definition) is 1. The number of carbonyl (C=O) groups is 1. The molecule has 1 N–H and O–H groups in total. The smallest absolute Gasteiger partial charge is 0.284 e. The number of para-hydroxylation sites is 1. The Morgan fingerprint density at radius 3 is 2.71 bits per heavy atom. The average Bonchev–Trinajstić information content (AvgIpc) is 3.15. The summed E-state index contributed by atoms with van der Waals surface area (Å²) in [5.41, 5.74) is 0.704. The summed E-state index contributed by atoms with van der Waals surface area (Å²) < 4.78 is 40.3. The Morgan fingerprint density at radius 2 is 1.97 bits per heavy atom. The number of nitrogens with one attached hydrogen (secondary N) is 1. The summed E-state index contributed by atoms with van der Waals surface area (Å²) in [4.78, 5) is 14.7. The van der Waals surface area contributed by atoms with Crippen LogP contribution in [0.1, 0.15) is 30.1 Å². The molecule has 1 heterocycles. The molecule has 1 aliphatic rings. The maximum Gasteiger partial charge on any atom is 0.284 e. The third-order valence-electron chi connectivity index (χ3n) is 4.77. The molecule has 0 aromatic heterocycles. The topological polar surface area (TPSA) is 97.3 Å².